The summed E-state index contributed by atoms with van der Waals surface area (Å²) in [5, 5.41) is 0.362. The highest BCUT2D eigenvalue weighted by atomic mass is 35.5. The second kappa shape index (κ2) is 6.21. The van der Waals surface area contributed by atoms with Gasteiger partial charge in [-0.25, -0.2) is 10.8 Å². The van der Waals surface area contributed by atoms with Crippen molar-refractivity contribution in [3.8, 4) is 0 Å². The van der Waals surface area contributed by atoms with E-state index in [2.05, 4.69) is 17.3 Å². The maximum Gasteiger partial charge on any atom is 0.274 e. The van der Waals surface area contributed by atoms with Crippen molar-refractivity contribution in [3.63, 3.8) is 0 Å². The van der Waals surface area contributed by atoms with Crippen LogP contribution in [0.2, 0.25) is 5.02 Å². The van der Waals surface area contributed by atoms with Crippen LogP contribution in [-0.4, -0.2) is 28.9 Å². The summed E-state index contributed by atoms with van der Waals surface area (Å²) >= 11 is 6.07. The first-order valence-corrected chi connectivity index (χ1v) is 6.96. The van der Waals surface area contributed by atoms with Gasteiger partial charge in [0.1, 0.15) is 11.5 Å². The van der Waals surface area contributed by atoms with Crippen molar-refractivity contribution in [2.24, 2.45) is 11.8 Å². The minimum Gasteiger partial charge on any atom is -0.337 e. The van der Waals surface area contributed by atoms with Gasteiger partial charge in [-0.1, -0.05) is 18.5 Å². The van der Waals surface area contributed by atoms with Gasteiger partial charge >= 0.3 is 0 Å². The zero-order chi connectivity index (χ0) is 13.8. The van der Waals surface area contributed by atoms with Crippen molar-refractivity contribution in [3.05, 3.63) is 22.8 Å². The minimum atomic E-state index is -0.115. The molecule has 1 saturated carbocycles. The number of rotatable bonds is 6. The largest absolute Gasteiger partial charge is 0.337 e. The number of aromatic nitrogens is 1. The SMILES string of the molecule is CCCN(CC1CC1)C(=O)c1nc(NN)ccc1Cl. The van der Waals surface area contributed by atoms with Crippen LogP contribution in [0.4, 0.5) is 5.82 Å². The number of hydrogen-bond acceptors (Lipinski definition) is 4. The Morgan fingerprint density at radius 3 is 2.89 bits per heavy atom. The molecule has 104 valence electrons. The van der Waals surface area contributed by atoms with E-state index in [9.17, 15) is 4.79 Å². The molecule has 1 aliphatic carbocycles. The fourth-order valence-electron chi connectivity index (χ4n) is 1.98. The predicted molar refractivity (Wildman–Crippen MR) is 76.0 cm³/mol. The zero-order valence-corrected chi connectivity index (χ0v) is 11.8. The first-order valence-electron chi connectivity index (χ1n) is 6.58. The molecular formula is C13H19ClN4O. The van der Waals surface area contributed by atoms with E-state index < -0.39 is 0 Å². The summed E-state index contributed by atoms with van der Waals surface area (Å²) in [6, 6.07) is 3.28. The number of nitrogens with two attached hydrogens (primary N) is 1. The molecule has 0 radical (unpaired) electrons. The number of pyridine rings is 1. The van der Waals surface area contributed by atoms with Gasteiger partial charge in [0.25, 0.3) is 5.91 Å². The monoisotopic (exact) mass is 282 g/mol. The second-order valence-electron chi connectivity index (χ2n) is 4.87. The third-order valence-electron chi connectivity index (χ3n) is 3.15. The van der Waals surface area contributed by atoms with Crippen LogP contribution in [-0.2, 0) is 0 Å². The summed E-state index contributed by atoms with van der Waals surface area (Å²) in [5.74, 6) is 6.28. The summed E-state index contributed by atoms with van der Waals surface area (Å²) in [7, 11) is 0. The van der Waals surface area contributed by atoms with Crippen molar-refractivity contribution in [1.82, 2.24) is 9.88 Å². The number of hydrogen-bond donors (Lipinski definition) is 2. The van der Waals surface area contributed by atoms with E-state index in [1.807, 2.05) is 4.90 Å². The van der Waals surface area contributed by atoms with Gasteiger partial charge in [0.2, 0.25) is 0 Å². The Bertz CT molecular complexity index is 462. The molecule has 2 rings (SSSR count). The fraction of sp³-hybridized carbons (Fsp3) is 0.538. The van der Waals surface area contributed by atoms with Gasteiger partial charge in [-0.2, -0.15) is 0 Å². The summed E-state index contributed by atoms with van der Waals surface area (Å²) in [6.07, 6.45) is 3.34. The maximum absolute atomic E-state index is 12.5. The van der Waals surface area contributed by atoms with E-state index >= 15 is 0 Å². The Kier molecular flexibility index (Phi) is 4.61. The number of hydrazine groups is 1. The molecule has 0 aromatic carbocycles. The lowest BCUT2D eigenvalue weighted by Gasteiger charge is -2.22. The van der Waals surface area contributed by atoms with Crippen LogP contribution in [0.1, 0.15) is 36.7 Å². The Hall–Kier alpha value is -1.33. The van der Waals surface area contributed by atoms with Gasteiger partial charge < -0.3 is 10.3 Å². The number of amides is 1. The first kappa shape index (κ1) is 14.1. The molecule has 1 fully saturated rings. The third-order valence-corrected chi connectivity index (χ3v) is 3.46. The van der Waals surface area contributed by atoms with Crippen molar-refractivity contribution >= 4 is 23.3 Å². The van der Waals surface area contributed by atoms with Gasteiger partial charge in [0.05, 0.1) is 5.02 Å². The molecule has 0 saturated heterocycles. The smallest absolute Gasteiger partial charge is 0.274 e. The summed E-state index contributed by atoms with van der Waals surface area (Å²) in [5.41, 5.74) is 2.70. The normalized spacial score (nSPS) is 14.3. The maximum atomic E-state index is 12.5. The number of halogens is 1. The van der Waals surface area contributed by atoms with Crippen molar-refractivity contribution in [2.45, 2.75) is 26.2 Å². The fourth-order valence-corrected chi connectivity index (χ4v) is 2.17. The number of nitrogens with one attached hydrogen (secondary N) is 1. The highest BCUT2D eigenvalue weighted by Crippen LogP contribution is 2.30. The van der Waals surface area contributed by atoms with Crippen LogP contribution in [0.15, 0.2) is 12.1 Å². The molecule has 1 amide bonds. The first-order chi connectivity index (χ1) is 9.15. The van der Waals surface area contributed by atoms with E-state index in [1.54, 1.807) is 12.1 Å². The highest BCUT2D eigenvalue weighted by Gasteiger charge is 2.28. The van der Waals surface area contributed by atoms with E-state index in [-0.39, 0.29) is 11.6 Å². The van der Waals surface area contributed by atoms with Crippen molar-refractivity contribution in [1.29, 1.82) is 0 Å². The van der Waals surface area contributed by atoms with Gasteiger partial charge in [-0.05, 0) is 37.3 Å². The van der Waals surface area contributed by atoms with Gasteiger partial charge in [0.15, 0.2) is 0 Å². The Morgan fingerprint density at radius 1 is 1.58 bits per heavy atom. The molecule has 0 aliphatic heterocycles. The second-order valence-corrected chi connectivity index (χ2v) is 5.27. The van der Waals surface area contributed by atoms with Crippen LogP contribution < -0.4 is 11.3 Å². The van der Waals surface area contributed by atoms with E-state index in [0.29, 0.717) is 16.8 Å². The van der Waals surface area contributed by atoms with Gasteiger partial charge in [0, 0.05) is 13.1 Å². The molecule has 19 heavy (non-hydrogen) atoms. The number of nitrogens with zero attached hydrogens (tertiary/aromatic N) is 2. The van der Waals surface area contributed by atoms with Crippen LogP contribution >= 0.6 is 11.6 Å². The number of nitrogen functional groups attached to an aromatic ring is 1. The van der Waals surface area contributed by atoms with E-state index in [0.717, 1.165) is 19.5 Å². The summed E-state index contributed by atoms with van der Waals surface area (Å²) < 4.78 is 0. The molecule has 1 aliphatic rings. The summed E-state index contributed by atoms with van der Waals surface area (Å²) in [6.45, 7) is 3.58. The molecule has 0 unspecified atom stereocenters. The Balaban J connectivity index is 2.19. The average Bonchev–Trinajstić information content (AvgIpc) is 3.22. The summed E-state index contributed by atoms with van der Waals surface area (Å²) in [4.78, 5) is 18.5. The number of anilines is 1. The van der Waals surface area contributed by atoms with Crippen LogP contribution in [0, 0.1) is 5.92 Å². The molecule has 1 aromatic heterocycles. The van der Waals surface area contributed by atoms with E-state index in [4.69, 9.17) is 17.4 Å². The Labute approximate surface area is 118 Å². The quantitative estimate of drug-likeness (QED) is 0.620. The predicted octanol–water partition coefficient (Wildman–Crippen LogP) is 2.28. The van der Waals surface area contributed by atoms with Gasteiger partial charge in [-0.15, -0.1) is 0 Å². The average molecular weight is 283 g/mol. The standard InChI is InChI=1S/C13H19ClN4O/c1-2-7-18(8-9-3-4-9)13(19)12-10(14)5-6-11(16-12)17-15/h5-6,9H,2-4,7-8,15H2,1H3,(H,16,17). The molecule has 0 bridgehead atoms. The van der Waals surface area contributed by atoms with Crippen LogP contribution in [0.3, 0.4) is 0 Å². The van der Waals surface area contributed by atoms with Crippen LogP contribution in [0.25, 0.3) is 0 Å². The lowest BCUT2D eigenvalue weighted by atomic mass is 10.2. The van der Waals surface area contributed by atoms with Gasteiger partial charge in [-0.3, -0.25) is 4.79 Å². The van der Waals surface area contributed by atoms with Crippen molar-refractivity contribution in [2.75, 3.05) is 18.5 Å². The molecule has 6 heteroatoms. The molecule has 3 N–H and O–H groups in total. The van der Waals surface area contributed by atoms with Crippen molar-refractivity contribution < 1.29 is 4.79 Å². The number of carbonyl (C=O) groups excluding carboxylic acids is 1. The minimum absolute atomic E-state index is 0.115. The third kappa shape index (κ3) is 3.58. The number of carbonyl (C=O) groups is 1. The molecule has 1 aromatic rings. The lowest BCUT2D eigenvalue weighted by molar-refractivity contribution is 0.0742. The topological polar surface area (TPSA) is 71.2 Å². The molecule has 5 nitrogen and oxygen atoms in total. The Morgan fingerprint density at radius 2 is 2.32 bits per heavy atom. The lowest BCUT2D eigenvalue weighted by Crippen LogP contribution is -2.34. The highest BCUT2D eigenvalue weighted by molar-refractivity contribution is 6.33. The zero-order valence-electron chi connectivity index (χ0n) is 11.0. The molecule has 0 atom stereocenters. The molecular weight excluding hydrogens is 264 g/mol. The molecule has 1 heterocycles. The molecule has 0 spiro atoms. The van der Waals surface area contributed by atoms with E-state index in [1.165, 1.54) is 12.8 Å². The van der Waals surface area contributed by atoms with Crippen LogP contribution in [0.5, 0.6) is 0 Å².